The maximum Gasteiger partial charge on any atom is 0.0814 e. The van der Waals surface area contributed by atoms with Gasteiger partial charge in [0.15, 0.2) is 0 Å². The molecule has 0 N–H and O–H groups in total. The highest BCUT2D eigenvalue weighted by atomic mass is 14.9. The Kier molecular flexibility index (Phi) is 0.247. The summed E-state index contributed by atoms with van der Waals surface area (Å²) in [5, 5.41) is 0. The molecule has 0 saturated carbocycles. The van der Waals surface area contributed by atoms with Crippen LogP contribution in [0.5, 0.6) is 0 Å². The smallest absolute Gasteiger partial charge is 0.0814 e. The lowest BCUT2D eigenvalue weighted by Gasteiger charge is -1.61. The zero-order chi connectivity index (χ0) is 3.98. The number of hydrogen-bond acceptors (Lipinski definition) is 1. The fraction of sp³-hybridized carbons (Fsp3) is 0.400. The summed E-state index contributed by atoms with van der Waals surface area (Å²) in [6, 6.07) is 0. The van der Waals surface area contributed by atoms with Crippen molar-refractivity contribution in [3.05, 3.63) is 11.6 Å². The summed E-state index contributed by atoms with van der Waals surface area (Å²) < 4.78 is 0. The fourth-order valence-electron chi connectivity index (χ4n) is 0.529. The van der Waals surface area contributed by atoms with Crippen molar-refractivity contribution in [3.8, 4) is 0 Å². The highest BCUT2D eigenvalue weighted by Crippen LogP contribution is 2.24. The molecule has 1 aliphatic heterocycles. The minimum Gasteiger partial charge on any atom is -0.281 e. The lowest BCUT2D eigenvalue weighted by Crippen LogP contribution is -1.71. The molecule has 0 unspecified atom stereocenters. The Morgan fingerprint density at radius 2 is 2.33 bits per heavy atom. The first-order valence-electron chi connectivity index (χ1n) is 2.19. The normalized spacial score (nSPS) is 25.3. The van der Waals surface area contributed by atoms with Gasteiger partial charge in [0.05, 0.1) is 12.3 Å². The van der Waals surface area contributed by atoms with Crippen LogP contribution in [0.3, 0.4) is 0 Å². The molecule has 1 heteroatoms. The Morgan fingerprint density at radius 3 is 2.50 bits per heavy atom. The zero-order valence-electron chi connectivity index (χ0n) is 3.44. The Hall–Kier alpha value is -0.590. The number of aliphatic imine (C=N–C) groups is 1. The molecule has 0 bridgehead atoms. The molecular weight excluding hydrogens is 74.1 g/mol. The third-order valence-corrected chi connectivity index (χ3v) is 1.10. The number of nitrogens with zero attached hydrogens (tertiary/aromatic N) is 1. The van der Waals surface area contributed by atoms with Crippen LogP contribution in [0.4, 0.5) is 0 Å². The van der Waals surface area contributed by atoms with Gasteiger partial charge in [0.25, 0.3) is 0 Å². The van der Waals surface area contributed by atoms with Crippen LogP contribution in [-0.4, -0.2) is 12.3 Å². The summed E-state index contributed by atoms with van der Waals surface area (Å²) in [7, 11) is 0. The van der Waals surface area contributed by atoms with Gasteiger partial charge in [0.2, 0.25) is 0 Å². The van der Waals surface area contributed by atoms with Gasteiger partial charge in [-0.1, -0.05) is 6.08 Å². The molecule has 0 radical (unpaired) electrons. The predicted octanol–water partition coefficient (Wildman–Crippen LogP) is 0.771. The SMILES string of the molecule is C1=C(C2=NC2)C1. The van der Waals surface area contributed by atoms with Crippen molar-refractivity contribution in [2.45, 2.75) is 6.42 Å². The van der Waals surface area contributed by atoms with Gasteiger partial charge in [0, 0.05) is 0 Å². The quantitative estimate of drug-likeness (QED) is 0.440. The molecule has 0 aromatic carbocycles. The van der Waals surface area contributed by atoms with E-state index in [9.17, 15) is 0 Å². The average molecular weight is 79.1 g/mol. The molecule has 0 amide bonds. The molecule has 1 heterocycles. The van der Waals surface area contributed by atoms with Gasteiger partial charge in [-0.05, 0) is 12.0 Å². The number of allylic oxidation sites excluding steroid dienone is 1. The molecule has 2 aliphatic rings. The molecule has 0 atom stereocenters. The van der Waals surface area contributed by atoms with Crippen molar-refractivity contribution in [1.82, 2.24) is 0 Å². The van der Waals surface area contributed by atoms with Crippen molar-refractivity contribution < 1.29 is 0 Å². The highest BCUT2D eigenvalue weighted by molar-refractivity contribution is 6.12. The monoisotopic (exact) mass is 79.0 g/mol. The Morgan fingerprint density at radius 1 is 1.67 bits per heavy atom. The molecule has 1 nitrogen and oxygen atoms in total. The summed E-state index contributed by atoms with van der Waals surface area (Å²) in [6.07, 6.45) is 3.44. The first-order chi connectivity index (χ1) is 2.97. The average Bonchev–Trinajstić information content (AvgIpc) is 2.26. The fourth-order valence-corrected chi connectivity index (χ4v) is 0.529. The summed E-state index contributed by atoms with van der Waals surface area (Å²) in [4.78, 5) is 4.01. The van der Waals surface area contributed by atoms with Gasteiger partial charge in [-0.15, -0.1) is 0 Å². The molecular formula is C5H5N. The van der Waals surface area contributed by atoms with Crippen molar-refractivity contribution in [2.75, 3.05) is 6.54 Å². The van der Waals surface area contributed by atoms with Gasteiger partial charge in [-0.3, -0.25) is 4.99 Å². The van der Waals surface area contributed by atoms with Crippen LogP contribution >= 0.6 is 0 Å². The van der Waals surface area contributed by atoms with Crippen molar-refractivity contribution in [3.63, 3.8) is 0 Å². The van der Waals surface area contributed by atoms with Gasteiger partial charge < -0.3 is 0 Å². The molecule has 0 spiro atoms. The lowest BCUT2D eigenvalue weighted by molar-refractivity contribution is 1.57. The molecule has 2 rings (SSSR count). The first-order valence-corrected chi connectivity index (χ1v) is 2.19. The van der Waals surface area contributed by atoms with Crippen LogP contribution in [0.2, 0.25) is 0 Å². The van der Waals surface area contributed by atoms with E-state index in [4.69, 9.17) is 0 Å². The van der Waals surface area contributed by atoms with Crippen LogP contribution in [0.15, 0.2) is 16.6 Å². The molecule has 0 saturated heterocycles. The van der Waals surface area contributed by atoms with E-state index in [0.717, 1.165) is 6.54 Å². The van der Waals surface area contributed by atoms with Gasteiger partial charge in [-0.2, -0.15) is 0 Å². The second kappa shape index (κ2) is 0.579. The molecule has 0 aromatic heterocycles. The van der Waals surface area contributed by atoms with Gasteiger partial charge in [0.1, 0.15) is 0 Å². The standard InChI is InChI=1S/C5H5N/c1-2-4(1)5-3-6-5/h1H,2-3H2. The topological polar surface area (TPSA) is 12.4 Å². The van der Waals surface area contributed by atoms with Gasteiger partial charge >= 0.3 is 0 Å². The largest absolute Gasteiger partial charge is 0.281 e. The van der Waals surface area contributed by atoms with Crippen LogP contribution in [0, 0.1) is 0 Å². The van der Waals surface area contributed by atoms with Crippen LogP contribution in [0.25, 0.3) is 0 Å². The van der Waals surface area contributed by atoms with Crippen LogP contribution < -0.4 is 0 Å². The molecule has 1 aliphatic carbocycles. The van der Waals surface area contributed by atoms with Crippen molar-refractivity contribution in [2.24, 2.45) is 4.99 Å². The van der Waals surface area contributed by atoms with E-state index >= 15 is 0 Å². The molecule has 30 valence electrons. The predicted molar refractivity (Wildman–Crippen MR) is 25.0 cm³/mol. The van der Waals surface area contributed by atoms with E-state index in [2.05, 4.69) is 11.1 Å². The minimum absolute atomic E-state index is 1.03. The van der Waals surface area contributed by atoms with Gasteiger partial charge in [-0.25, -0.2) is 0 Å². The molecule has 0 fully saturated rings. The first kappa shape index (κ1) is 2.56. The Labute approximate surface area is 36.4 Å². The van der Waals surface area contributed by atoms with Crippen molar-refractivity contribution in [1.29, 1.82) is 0 Å². The summed E-state index contributed by atoms with van der Waals surface area (Å²) in [5.41, 5.74) is 2.85. The second-order valence-electron chi connectivity index (χ2n) is 1.70. The van der Waals surface area contributed by atoms with Crippen LogP contribution in [0.1, 0.15) is 6.42 Å². The molecule has 6 heavy (non-hydrogen) atoms. The lowest BCUT2D eigenvalue weighted by atomic mass is 10.4. The van der Waals surface area contributed by atoms with E-state index < -0.39 is 0 Å². The van der Waals surface area contributed by atoms with E-state index in [-0.39, 0.29) is 0 Å². The minimum atomic E-state index is 1.03. The van der Waals surface area contributed by atoms with E-state index in [1.807, 2.05) is 0 Å². The summed E-state index contributed by atoms with van der Waals surface area (Å²) in [6.45, 7) is 1.03. The third-order valence-electron chi connectivity index (χ3n) is 1.10. The highest BCUT2D eigenvalue weighted by Gasteiger charge is 2.20. The zero-order valence-corrected chi connectivity index (χ0v) is 3.44. The van der Waals surface area contributed by atoms with E-state index in [1.165, 1.54) is 17.7 Å². The summed E-state index contributed by atoms with van der Waals surface area (Å²) >= 11 is 0. The maximum atomic E-state index is 4.01. The third kappa shape index (κ3) is 0.224. The van der Waals surface area contributed by atoms with Crippen LogP contribution in [-0.2, 0) is 0 Å². The Balaban J connectivity index is 2.26. The van der Waals surface area contributed by atoms with E-state index in [0.29, 0.717) is 0 Å². The second-order valence-corrected chi connectivity index (χ2v) is 1.70. The van der Waals surface area contributed by atoms with Crippen molar-refractivity contribution >= 4 is 5.71 Å². The van der Waals surface area contributed by atoms with E-state index in [1.54, 1.807) is 0 Å². The Bertz CT molecular complexity index is 124. The number of rotatable bonds is 1. The number of hydrogen-bond donors (Lipinski definition) is 0. The molecule has 0 aromatic rings. The maximum absolute atomic E-state index is 4.01. The summed E-state index contributed by atoms with van der Waals surface area (Å²) in [5.74, 6) is 0.